The number of phenolic OH excluding ortho intramolecular Hbond substituents is 2. The third kappa shape index (κ3) is 6.74. The van der Waals surface area contributed by atoms with Crippen molar-refractivity contribution in [3.05, 3.63) is 48.5 Å². The van der Waals surface area contributed by atoms with Gasteiger partial charge in [0.15, 0.2) is 0 Å². The third-order valence-corrected chi connectivity index (χ3v) is 5.30. The van der Waals surface area contributed by atoms with E-state index in [2.05, 4.69) is 0 Å². The van der Waals surface area contributed by atoms with E-state index in [1.54, 1.807) is 47.8 Å². The summed E-state index contributed by atoms with van der Waals surface area (Å²) in [6.45, 7) is 3.36. The minimum absolute atomic E-state index is 0.129. The van der Waals surface area contributed by atoms with Gasteiger partial charge < -0.3 is 19.7 Å². The number of hydrogen-bond donors (Lipinski definition) is 2. The number of benzene rings is 2. The lowest BCUT2D eigenvalue weighted by atomic mass is 10.3. The highest BCUT2D eigenvalue weighted by molar-refractivity contribution is 8.17. The fourth-order valence-corrected chi connectivity index (χ4v) is 4.11. The summed E-state index contributed by atoms with van der Waals surface area (Å²) in [5, 5.41) is 18.7. The minimum atomic E-state index is 0.129. The van der Waals surface area contributed by atoms with E-state index in [1.807, 2.05) is 31.2 Å². The molecule has 2 N–H and O–H groups in total. The SMILES string of the molecule is CCOCOCC(Sc1ccc(O)cc1)Sc1ccc(O)cc1. The molecule has 2 rings (SSSR count). The van der Waals surface area contributed by atoms with Crippen molar-refractivity contribution in [1.82, 2.24) is 0 Å². The molecule has 0 bridgehead atoms. The van der Waals surface area contributed by atoms with Crippen molar-refractivity contribution in [2.24, 2.45) is 0 Å². The van der Waals surface area contributed by atoms with Crippen molar-refractivity contribution in [1.29, 1.82) is 0 Å². The van der Waals surface area contributed by atoms with Crippen LogP contribution in [0.25, 0.3) is 0 Å². The van der Waals surface area contributed by atoms with Gasteiger partial charge in [-0.15, -0.1) is 23.5 Å². The van der Waals surface area contributed by atoms with Crippen LogP contribution in [0.3, 0.4) is 0 Å². The van der Waals surface area contributed by atoms with Crippen LogP contribution in [0.5, 0.6) is 11.5 Å². The molecule has 0 fully saturated rings. The number of thioether (sulfide) groups is 2. The first-order chi connectivity index (χ1) is 11.2. The van der Waals surface area contributed by atoms with Crippen LogP contribution in [0.15, 0.2) is 58.3 Å². The summed E-state index contributed by atoms with van der Waals surface area (Å²) in [5.74, 6) is 0.509. The van der Waals surface area contributed by atoms with Gasteiger partial charge in [-0.3, -0.25) is 0 Å². The zero-order chi connectivity index (χ0) is 16.5. The second kappa shape index (κ2) is 9.72. The van der Waals surface area contributed by atoms with E-state index in [4.69, 9.17) is 9.47 Å². The van der Waals surface area contributed by atoms with Crippen molar-refractivity contribution in [3.63, 3.8) is 0 Å². The molecule has 0 saturated heterocycles. The molecule has 2 aromatic carbocycles. The number of hydrogen-bond acceptors (Lipinski definition) is 6. The largest absolute Gasteiger partial charge is 0.508 e. The summed E-state index contributed by atoms with van der Waals surface area (Å²) in [7, 11) is 0. The van der Waals surface area contributed by atoms with Gasteiger partial charge in [0.2, 0.25) is 0 Å². The molecule has 0 amide bonds. The lowest BCUT2D eigenvalue weighted by molar-refractivity contribution is -0.0450. The van der Waals surface area contributed by atoms with Gasteiger partial charge in [-0.1, -0.05) is 0 Å². The first-order valence-corrected chi connectivity index (χ1v) is 9.00. The van der Waals surface area contributed by atoms with Crippen molar-refractivity contribution in [2.45, 2.75) is 21.3 Å². The lowest BCUT2D eigenvalue weighted by Crippen LogP contribution is -2.10. The summed E-state index contributed by atoms with van der Waals surface area (Å²) in [6, 6.07) is 14.2. The number of aromatic hydroxyl groups is 2. The monoisotopic (exact) mass is 352 g/mol. The molecule has 23 heavy (non-hydrogen) atoms. The van der Waals surface area contributed by atoms with E-state index in [0.717, 1.165) is 9.79 Å². The predicted octanol–water partition coefficient (Wildman–Crippen LogP) is 4.32. The summed E-state index contributed by atoms with van der Waals surface area (Å²) >= 11 is 3.33. The Balaban J connectivity index is 1.98. The van der Waals surface area contributed by atoms with Crippen LogP contribution in [0.4, 0.5) is 0 Å². The smallest absolute Gasteiger partial charge is 0.146 e. The molecule has 0 heterocycles. The van der Waals surface area contributed by atoms with Crippen LogP contribution < -0.4 is 0 Å². The van der Waals surface area contributed by atoms with Crippen LogP contribution in [0.2, 0.25) is 0 Å². The second-order valence-corrected chi connectivity index (χ2v) is 7.49. The highest BCUT2D eigenvalue weighted by atomic mass is 32.2. The molecule has 0 unspecified atom stereocenters. The number of ether oxygens (including phenoxy) is 2. The summed E-state index contributed by atoms with van der Waals surface area (Å²) < 4.78 is 10.9. The maximum atomic E-state index is 9.37. The Morgan fingerprint density at radius 1 is 0.826 bits per heavy atom. The zero-order valence-corrected chi connectivity index (χ0v) is 14.5. The maximum absolute atomic E-state index is 9.37. The quantitative estimate of drug-likeness (QED) is 0.398. The molecular formula is C17H20O4S2. The topological polar surface area (TPSA) is 58.9 Å². The minimum Gasteiger partial charge on any atom is -0.508 e. The first kappa shape index (κ1) is 18.0. The Labute approximate surface area is 144 Å². The van der Waals surface area contributed by atoms with Crippen molar-refractivity contribution < 1.29 is 19.7 Å². The van der Waals surface area contributed by atoms with E-state index >= 15 is 0 Å². The normalized spacial score (nSPS) is 11.0. The van der Waals surface area contributed by atoms with Gasteiger partial charge in [0.05, 0.1) is 11.2 Å². The zero-order valence-electron chi connectivity index (χ0n) is 12.8. The van der Waals surface area contributed by atoms with Crippen LogP contribution >= 0.6 is 23.5 Å². The lowest BCUT2D eigenvalue weighted by Gasteiger charge is -2.16. The molecule has 124 valence electrons. The standard InChI is InChI=1S/C17H20O4S2/c1-2-20-12-21-11-17(22-15-7-3-13(18)4-8-15)23-16-9-5-14(19)6-10-16/h3-10,17-19H,2,11-12H2,1H3. The predicted molar refractivity (Wildman–Crippen MR) is 94.2 cm³/mol. The molecule has 6 heteroatoms. The summed E-state index contributed by atoms with van der Waals surface area (Å²) in [4.78, 5) is 2.11. The van der Waals surface area contributed by atoms with Gasteiger partial charge in [0, 0.05) is 16.4 Å². The third-order valence-electron chi connectivity index (χ3n) is 2.83. The molecule has 4 nitrogen and oxygen atoms in total. The summed E-state index contributed by atoms with van der Waals surface area (Å²) in [6.07, 6.45) is 0. The maximum Gasteiger partial charge on any atom is 0.146 e. The van der Waals surface area contributed by atoms with Gasteiger partial charge >= 0.3 is 0 Å². The molecular weight excluding hydrogens is 332 g/mol. The molecule has 0 saturated carbocycles. The van der Waals surface area contributed by atoms with Crippen molar-refractivity contribution in [2.75, 3.05) is 20.0 Å². The van der Waals surface area contributed by atoms with Crippen LogP contribution in [0, 0.1) is 0 Å². The van der Waals surface area contributed by atoms with Crippen LogP contribution in [-0.4, -0.2) is 34.8 Å². The van der Waals surface area contributed by atoms with Crippen molar-refractivity contribution >= 4 is 23.5 Å². The molecule has 0 aliphatic rings. The van der Waals surface area contributed by atoms with Crippen LogP contribution in [-0.2, 0) is 9.47 Å². The van der Waals surface area contributed by atoms with E-state index in [9.17, 15) is 10.2 Å². The van der Waals surface area contributed by atoms with Gasteiger partial charge in [0.1, 0.15) is 18.3 Å². The Bertz CT molecular complexity index is 525. The molecule has 0 aliphatic carbocycles. The molecule has 0 aromatic heterocycles. The molecule has 2 aromatic rings. The van der Waals surface area contributed by atoms with E-state index in [1.165, 1.54) is 0 Å². The van der Waals surface area contributed by atoms with Crippen molar-refractivity contribution in [3.8, 4) is 11.5 Å². The van der Waals surface area contributed by atoms with Gasteiger partial charge in [-0.25, -0.2) is 0 Å². The Kier molecular flexibility index (Phi) is 7.61. The van der Waals surface area contributed by atoms with E-state index < -0.39 is 0 Å². The number of phenols is 2. The average molecular weight is 352 g/mol. The highest BCUT2D eigenvalue weighted by Crippen LogP contribution is 2.36. The fraction of sp³-hybridized carbons (Fsp3) is 0.294. The Morgan fingerprint density at radius 3 is 1.74 bits per heavy atom. The molecule has 0 aliphatic heterocycles. The molecule has 0 atom stereocenters. The molecule has 0 radical (unpaired) electrons. The Hall–Kier alpha value is -1.34. The molecule has 0 spiro atoms. The average Bonchev–Trinajstić information content (AvgIpc) is 2.55. The van der Waals surface area contributed by atoms with E-state index in [-0.39, 0.29) is 22.9 Å². The number of rotatable bonds is 9. The first-order valence-electron chi connectivity index (χ1n) is 7.24. The summed E-state index contributed by atoms with van der Waals surface area (Å²) in [5.41, 5.74) is 0. The Morgan fingerprint density at radius 2 is 1.30 bits per heavy atom. The van der Waals surface area contributed by atoms with Gasteiger partial charge in [0.25, 0.3) is 0 Å². The van der Waals surface area contributed by atoms with Gasteiger partial charge in [-0.2, -0.15) is 0 Å². The highest BCUT2D eigenvalue weighted by Gasteiger charge is 2.13. The van der Waals surface area contributed by atoms with E-state index in [0.29, 0.717) is 13.2 Å². The fourth-order valence-electron chi connectivity index (χ4n) is 1.73. The van der Waals surface area contributed by atoms with Crippen LogP contribution in [0.1, 0.15) is 6.92 Å². The van der Waals surface area contributed by atoms with Gasteiger partial charge in [-0.05, 0) is 55.5 Å². The second-order valence-electron chi connectivity index (χ2n) is 4.63.